The zero-order valence-electron chi connectivity index (χ0n) is 20.3. The number of likely N-dealkylation sites (tertiary alicyclic amines) is 1. The third-order valence-corrected chi connectivity index (χ3v) is 6.08. The van der Waals surface area contributed by atoms with Crippen LogP contribution in [0.4, 0.5) is 0 Å². The van der Waals surface area contributed by atoms with E-state index in [-0.39, 0.29) is 36.8 Å². The van der Waals surface area contributed by atoms with E-state index in [4.69, 9.17) is 0 Å². The van der Waals surface area contributed by atoms with Gasteiger partial charge in [0, 0.05) is 39.4 Å². The molecule has 3 N–H and O–H groups in total. The summed E-state index contributed by atoms with van der Waals surface area (Å²) < 4.78 is 0. The van der Waals surface area contributed by atoms with Gasteiger partial charge in [-0.3, -0.25) is 19.8 Å². The van der Waals surface area contributed by atoms with E-state index in [1.54, 1.807) is 24.0 Å². The zero-order valence-corrected chi connectivity index (χ0v) is 20.3. The van der Waals surface area contributed by atoms with Crippen LogP contribution in [0.1, 0.15) is 57.4 Å². The van der Waals surface area contributed by atoms with Gasteiger partial charge in [0.2, 0.25) is 17.7 Å². The second-order valence-electron chi connectivity index (χ2n) is 9.09. The fraction of sp³-hybridized carbons (Fsp3) is 0.640. The van der Waals surface area contributed by atoms with Gasteiger partial charge in [0.1, 0.15) is 6.04 Å². The van der Waals surface area contributed by atoms with Crippen LogP contribution in [0, 0.1) is 5.92 Å². The maximum atomic E-state index is 13.4. The van der Waals surface area contributed by atoms with Gasteiger partial charge in [0.05, 0.1) is 12.6 Å². The van der Waals surface area contributed by atoms with Crippen LogP contribution in [0.5, 0.6) is 0 Å². The minimum absolute atomic E-state index is 0.0724. The van der Waals surface area contributed by atoms with E-state index in [2.05, 4.69) is 17.7 Å². The first-order valence-corrected chi connectivity index (χ1v) is 12.1. The molecule has 1 fully saturated rings. The minimum Gasteiger partial charge on any atom is -0.394 e. The Labute approximate surface area is 197 Å². The molecule has 8 heteroatoms. The standard InChI is InChI=1S/C25H40N4O4/c1-4-5-7-13-20(17-23(31)27-28(2)3)24(32)26-22(16-19-11-8-6-9-12-19)25(33)29-15-10-14-21(29)18-30/h6,8-9,11-12,20-22,30H,4-5,7,10,13-18H2,1-3H3,(H,26,32)(H,27,31). The maximum Gasteiger partial charge on any atom is 0.245 e. The SMILES string of the molecule is CCCCCC(CC(=O)NN(C)C)C(=O)NC(Cc1ccccc1)C(=O)N1CCCC1CO. The molecule has 3 atom stereocenters. The number of nitrogens with zero attached hydrogens (tertiary/aromatic N) is 2. The highest BCUT2D eigenvalue weighted by Gasteiger charge is 2.35. The topological polar surface area (TPSA) is 102 Å². The van der Waals surface area contributed by atoms with Gasteiger partial charge >= 0.3 is 0 Å². The van der Waals surface area contributed by atoms with Gasteiger partial charge in [-0.05, 0) is 24.8 Å². The first kappa shape index (κ1) is 26.8. The Kier molecular flexibility index (Phi) is 11.3. The third kappa shape index (κ3) is 8.78. The lowest BCUT2D eigenvalue weighted by atomic mass is 9.95. The summed E-state index contributed by atoms with van der Waals surface area (Å²) >= 11 is 0. The summed E-state index contributed by atoms with van der Waals surface area (Å²) in [7, 11) is 3.46. The quantitative estimate of drug-likeness (QED) is 0.308. The van der Waals surface area contributed by atoms with Crippen molar-refractivity contribution in [3.63, 3.8) is 0 Å². The lowest BCUT2D eigenvalue weighted by Crippen LogP contribution is -2.53. The van der Waals surface area contributed by atoms with Crippen LogP contribution in [0.25, 0.3) is 0 Å². The van der Waals surface area contributed by atoms with Crippen molar-refractivity contribution in [2.75, 3.05) is 27.2 Å². The summed E-state index contributed by atoms with van der Waals surface area (Å²) in [5, 5.41) is 14.2. The molecule has 1 aromatic rings. The van der Waals surface area contributed by atoms with E-state index in [1.165, 1.54) is 0 Å². The van der Waals surface area contributed by atoms with Gasteiger partial charge in [-0.25, -0.2) is 5.01 Å². The third-order valence-electron chi connectivity index (χ3n) is 6.08. The lowest BCUT2D eigenvalue weighted by Gasteiger charge is -2.29. The number of benzene rings is 1. The number of carbonyl (C=O) groups excluding carboxylic acids is 3. The van der Waals surface area contributed by atoms with Gasteiger partial charge in [0.25, 0.3) is 0 Å². The number of aliphatic hydroxyl groups excluding tert-OH is 1. The van der Waals surface area contributed by atoms with E-state index in [1.807, 2.05) is 30.3 Å². The first-order valence-electron chi connectivity index (χ1n) is 12.1. The molecule has 1 saturated heterocycles. The molecule has 0 bridgehead atoms. The van der Waals surface area contributed by atoms with Gasteiger partial charge in [-0.15, -0.1) is 0 Å². The molecule has 1 aromatic carbocycles. The fourth-order valence-electron chi connectivity index (χ4n) is 4.34. The highest BCUT2D eigenvalue weighted by Crippen LogP contribution is 2.20. The molecular weight excluding hydrogens is 420 g/mol. The van der Waals surface area contributed by atoms with Crippen molar-refractivity contribution in [1.29, 1.82) is 0 Å². The Morgan fingerprint density at radius 2 is 1.91 bits per heavy atom. The number of aliphatic hydroxyl groups is 1. The summed E-state index contributed by atoms with van der Waals surface area (Å²) in [5.41, 5.74) is 3.65. The highest BCUT2D eigenvalue weighted by molar-refractivity contribution is 5.91. The van der Waals surface area contributed by atoms with Crippen molar-refractivity contribution >= 4 is 17.7 Å². The molecule has 3 amide bonds. The first-order chi connectivity index (χ1) is 15.8. The molecule has 0 spiro atoms. The number of unbranched alkanes of at least 4 members (excludes halogenated alkanes) is 2. The molecule has 1 heterocycles. The summed E-state index contributed by atoms with van der Waals surface area (Å²) in [6.07, 6.45) is 5.48. The van der Waals surface area contributed by atoms with Crippen molar-refractivity contribution in [3.8, 4) is 0 Å². The predicted octanol–water partition coefficient (Wildman–Crippen LogP) is 1.88. The smallest absolute Gasteiger partial charge is 0.245 e. The number of hydrogen-bond acceptors (Lipinski definition) is 5. The molecule has 0 saturated carbocycles. The molecule has 2 rings (SSSR count). The Hall–Kier alpha value is -2.45. The molecule has 0 radical (unpaired) electrons. The van der Waals surface area contributed by atoms with Crippen molar-refractivity contribution in [3.05, 3.63) is 35.9 Å². The van der Waals surface area contributed by atoms with Crippen LogP contribution in [-0.2, 0) is 20.8 Å². The Morgan fingerprint density at radius 1 is 1.18 bits per heavy atom. The number of carbonyl (C=O) groups is 3. The summed E-state index contributed by atoms with van der Waals surface area (Å²) in [6.45, 7) is 2.59. The molecule has 0 aromatic heterocycles. The van der Waals surface area contributed by atoms with Crippen molar-refractivity contribution in [1.82, 2.24) is 20.7 Å². The van der Waals surface area contributed by atoms with Crippen LogP contribution in [0.2, 0.25) is 0 Å². The number of hydrogen-bond donors (Lipinski definition) is 3. The molecule has 3 unspecified atom stereocenters. The predicted molar refractivity (Wildman–Crippen MR) is 128 cm³/mol. The van der Waals surface area contributed by atoms with Gasteiger partial charge in [-0.1, -0.05) is 56.5 Å². The molecule has 8 nitrogen and oxygen atoms in total. The minimum atomic E-state index is -0.738. The maximum absolute atomic E-state index is 13.4. The Morgan fingerprint density at radius 3 is 2.55 bits per heavy atom. The van der Waals surface area contributed by atoms with Crippen LogP contribution >= 0.6 is 0 Å². The number of nitrogens with one attached hydrogen (secondary N) is 2. The molecule has 184 valence electrons. The summed E-state index contributed by atoms with van der Waals surface area (Å²) in [4.78, 5) is 40.8. The van der Waals surface area contributed by atoms with Crippen LogP contribution < -0.4 is 10.7 Å². The molecular formula is C25H40N4O4. The summed E-state index contributed by atoms with van der Waals surface area (Å²) in [5.74, 6) is -1.17. The van der Waals surface area contributed by atoms with E-state index < -0.39 is 12.0 Å². The lowest BCUT2D eigenvalue weighted by molar-refractivity contribution is -0.139. The van der Waals surface area contributed by atoms with Crippen molar-refractivity contribution < 1.29 is 19.5 Å². The number of hydrazine groups is 1. The van der Waals surface area contributed by atoms with E-state index >= 15 is 0 Å². The highest BCUT2D eigenvalue weighted by atomic mass is 16.3. The fourth-order valence-corrected chi connectivity index (χ4v) is 4.34. The molecule has 1 aliphatic rings. The molecule has 33 heavy (non-hydrogen) atoms. The van der Waals surface area contributed by atoms with Crippen LogP contribution in [0.3, 0.4) is 0 Å². The average molecular weight is 461 g/mol. The van der Waals surface area contributed by atoms with Gasteiger partial charge in [-0.2, -0.15) is 0 Å². The molecule has 1 aliphatic heterocycles. The average Bonchev–Trinajstić information content (AvgIpc) is 3.26. The second-order valence-corrected chi connectivity index (χ2v) is 9.09. The Balaban J connectivity index is 2.17. The normalized spacial score (nSPS) is 17.6. The van der Waals surface area contributed by atoms with E-state index in [0.717, 1.165) is 37.7 Å². The van der Waals surface area contributed by atoms with Crippen molar-refractivity contribution in [2.24, 2.45) is 5.92 Å². The number of rotatable bonds is 13. The van der Waals surface area contributed by atoms with Gasteiger partial charge < -0.3 is 15.3 Å². The van der Waals surface area contributed by atoms with Gasteiger partial charge in [0.15, 0.2) is 0 Å². The molecule has 0 aliphatic carbocycles. The zero-order chi connectivity index (χ0) is 24.2. The van der Waals surface area contributed by atoms with E-state index in [9.17, 15) is 19.5 Å². The second kappa shape index (κ2) is 14.0. The largest absolute Gasteiger partial charge is 0.394 e. The van der Waals surface area contributed by atoms with Crippen LogP contribution in [0.15, 0.2) is 30.3 Å². The monoisotopic (exact) mass is 460 g/mol. The van der Waals surface area contributed by atoms with E-state index in [0.29, 0.717) is 19.4 Å². The van der Waals surface area contributed by atoms with Crippen LogP contribution in [-0.4, -0.2) is 72.1 Å². The van der Waals surface area contributed by atoms with Crippen molar-refractivity contribution in [2.45, 2.75) is 70.4 Å². The number of amides is 3. The summed E-state index contributed by atoms with van der Waals surface area (Å²) in [6, 6.07) is 8.64. The Bertz CT molecular complexity index is 756.